The summed E-state index contributed by atoms with van der Waals surface area (Å²) in [4.78, 5) is 51.9. The predicted octanol–water partition coefficient (Wildman–Crippen LogP) is -3.95. The first-order chi connectivity index (χ1) is 15.0. The maximum absolute atomic E-state index is 12.7. The molecule has 32 heavy (non-hydrogen) atoms. The van der Waals surface area contributed by atoms with Crippen molar-refractivity contribution in [2.24, 2.45) is 27.9 Å². The average Bonchev–Trinajstić information content (AvgIpc) is 2.72. The van der Waals surface area contributed by atoms with E-state index in [1.54, 1.807) is 0 Å². The highest BCUT2D eigenvalue weighted by Crippen LogP contribution is 2.04. The monoisotopic (exact) mass is 460 g/mol. The summed E-state index contributed by atoms with van der Waals surface area (Å²) in [6.07, 6.45) is 0.613. The number of guanidine groups is 1. The van der Waals surface area contributed by atoms with Crippen LogP contribution in [0.15, 0.2) is 4.99 Å². The normalized spacial score (nSPS) is 14.4. The van der Waals surface area contributed by atoms with Gasteiger partial charge in [-0.25, -0.2) is 4.79 Å². The summed E-state index contributed by atoms with van der Waals surface area (Å²) in [6, 6.07) is -3.45. The van der Waals surface area contributed by atoms with Gasteiger partial charge in [-0.1, -0.05) is 0 Å². The Morgan fingerprint density at radius 2 is 1.59 bits per heavy atom. The van der Waals surface area contributed by atoms with Crippen LogP contribution in [0.2, 0.25) is 0 Å². The molecular formula is C18H36N8O6. The van der Waals surface area contributed by atoms with Crippen molar-refractivity contribution in [2.75, 3.05) is 19.6 Å². The van der Waals surface area contributed by atoms with Crippen molar-refractivity contribution in [3.05, 3.63) is 0 Å². The zero-order chi connectivity index (χ0) is 24.7. The van der Waals surface area contributed by atoms with E-state index < -0.39 is 54.5 Å². The maximum Gasteiger partial charge on any atom is 0.326 e. The van der Waals surface area contributed by atoms with E-state index in [0.29, 0.717) is 25.8 Å². The molecule has 13 N–H and O–H groups in total. The molecule has 4 atom stereocenters. The van der Waals surface area contributed by atoms with Gasteiger partial charge in [0.25, 0.3) is 0 Å². The number of carboxylic acids is 1. The highest BCUT2D eigenvalue weighted by molar-refractivity contribution is 5.92. The summed E-state index contributed by atoms with van der Waals surface area (Å²) < 4.78 is 0. The maximum atomic E-state index is 12.7. The SMILES string of the molecule is CC(O)C(N)C(=O)NCC(=O)NC(CCCN=C(N)N)C(=O)NC(CCCCN)C(=O)O. The Kier molecular flexibility index (Phi) is 14.3. The number of carbonyl (C=O) groups is 4. The number of nitrogens with one attached hydrogen (secondary N) is 3. The van der Waals surface area contributed by atoms with Gasteiger partial charge in [0.15, 0.2) is 5.96 Å². The number of rotatable bonds is 16. The van der Waals surface area contributed by atoms with E-state index in [1.807, 2.05) is 0 Å². The summed E-state index contributed by atoms with van der Waals surface area (Å²) in [5, 5.41) is 25.8. The molecule has 0 aromatic heterocycles. The van der Waals surface area contributed by atoms with Crippen LogP contribution in [0.3, 0.4) is 0 Å². The Balaban J connectivity index is 5.05. The number of aliphatic hydroxyl groups is 1. The number of hydrogen-bond donors (Lipinski definition) is 9. The summed E-state index contributed by atoms with van der Waals surface area (Å²) in [7, 11) is 0. The van der Waals surface area contributed by atoms with Gasteiger partial charge in [0.05, 0.1) is 12.6 Å². The second-order valence-electron chi connectivity index (χ2n) is 7.24. The minimum absolute atomic E-state index is 0.116. The third-order valence-corrected chi connectivity index (χ3v) is 4.40. The number of aliphatic imine (C=N–C) groups is 1. The number of nitrogens with zero attached hydrogens (tertiary/aromatic N) is 1. The topological polar surface area (TPSA) is 261 Å². The molecular weight excluding hydrogens is 424 g/mol. The fraction of sp³-hybridized carbons (Fsp3) is 0.722. The minimum atomic E-state index is -1.22. The van der Waals surface area contributed by atoms with Crippen LogP contribution in [0.4, 0.5) is 0 Å². The summed E-state index contributed by atoms with van der Waals surface area (Å²) in [5.41, 5.74) is 21.4. The first-order valence-electron chi connectivity index (χ1n) is 10.3. The molecule has 0 saturated carbocycles. The molecule has 0 aliphatic heterocycles. The van der Waals surface area contributed by atoms with Crippen LogP contribution in [0.5, 0.6) is 0 Å². The number of carboxylic acid groups (broad SMARTS) is 1. The van der Waals surface area contributed by atoms with Gasteiger partial charge in [0.1, 0.15) is 18.1 Å². The Morgan fingerprint density at radius 3 is 2.12 bits per heavy atom. The molecule has 0 aromatic carbocycles. The number of aliphatic hydroxyl groups excluding tert-OH is 1. The van der Waals surface area contributed by atoms with Crippen LogP contribution < -0.4 is 38.9 Å². The van der Waals surface area contributed by atoms with Gasteiger partial charge in [-0.2, -0.15) is 0 Å². The third-order valence-electron chi connectivity index (χ3n) is 4.40. The first kappa shape index (κ1) is 29.0. The van der Waals surface area contributed by atoms with Gasteiger partial charge in [-0.15, -0.1) is 0 Å². The Hall–Kier alpha value is -2.97. The lowest BCUT2D eigenvalue weighted by Gasteiger charge is -2.22. The fourth-order valence-corrected chi connectivity index (χ4v) is 2.54. The van der Waals surface area contributed by atoms with Gasteiger partial charge in [-0.05, 0) is 45.6 Å². The summed E-state index contributed by atoms with van der Waals surface area (Å²) in [5.74, 6) is -3.48. The standard InChI is InChI=1S/C18H36N8O6/c1-10(27)14(20)16(30)24-9-13(28)25-11(6-4-8-23-18(21)22)15(29)26-12(17(31)32)5-2-3-7-19/h10-12,14,27H,2-9,19-20H2,1H3,(H,24,30)(H,25,28)(H,26,29)(H,31,32)(H4,21,22,23). The van der Waals surface area contributed by atoms with Gasteiger partial charge in [-0.3, -0.25) is 19.4 Å². The largest absolute Gasteiger partial charge is 0.480 e. The van der Waals surface area contributed by atoms with E-state index in [-0.39, 0.29) is 25.3 Å². The summed E-state index contributed by atoms with van der Waals surface area (Å²) >= 11 is 0. The first-order valence-corrected chi connectivity index (χ1v) is 10.3. The molecule has 0 spiro atoms. The van der Waals surface area contributed by atoms with E-state index in [2.05, 4.69) is 20.9 Å². The molecule has 0 fully saturated rings. The van der Waals surface area contributed by atoms with Crippen molar-refractivity contribution in [3.8, 4) is 0 Å². The van der Waals surface area contributed by atoms with Gasteiger partial charge >= 0.3 is 5.97 Å². The Labute approximate surface area is 186 Å². The smallest absolute Gasteiger partial charge is 0.326 e. The van der Waals surface area contributed by atoms with E-state index in [0.717, 1.165) is 0 Å². The number of hydrogen-bond acceptors (Lipinski definition) is 8. The van der Waals surface area contributed by atoms with Crippen molar-refractivity contribution in [1.82, 2.24) is 16.0 Å². The molecule has 0 radical (unpaired) electrons. The van der Waals surface area contributed by atoms with Crippen LogP contribution in [0, 0.1) is 0 Å². The van der Waals surface area contributed by atoms with Gasteiger partial charge in [0.2, 0.25) is 17.7 Å². The molecule has 184 valence electrons. The molecule has 14 heteroatoms. The number of nitrogens with two attached hydrogens (primary N) is 4. The number of amides is 3. The van der Waals surface area contributed by atoms with Crippen LogP contribution >= 0.6 is 0 Å². The molecule has 0 heterocycles. The molecule has 0 aliphatic carbocycles. The van der Waals surface area contributed by atoms with Crippen LogP contribution in [-0.2, 0) is 19.2 Å². The van der Waals surface area contributed by atoms with Crippen molar-refractivity contribution in [1.29, 1.82) is 0 Å². The van der Waals surface area contributed by atoms with E-state index >= 15 is 0 Å². The molecule has 0 bridgehead atoms. The lowest BCUT2D eigenvalue weighted by atomic mass is 10.1. The van der Waals surface area contributed by atoms with Crippen molar-refractivity contribution < 1.29 is 29.4 Å². The zero-order valence-corrected chi connectivity index (χ0v) is 18.3. The number of unbranched alkanes of at least 4 members (excludes halogenated alkanes) is 1. The average molecular weight is 461 g/mol. The molecule has 3 amide bonds. The van der Waals surface area contributed by atoms with E-state index in [4.69, 9.17) is 22.9 Å². The highest BCUT2D eigenvalue weighted by atomic mass is 16.4. The molecule has 14 nitrogen and oxygen atoms in total. The second kappa shape index (κ2) is 15.8. The number of carbonyl (C=O) groups excluding carboxylic acids is 3. The van der Waals surface area contributed by atoms with Gasteiger partial charge in [0, 0.05) is 6.54 Å². The lowest BCUT2D eigenvalue weighted by molar-refractivity contribution is -0.142. The van der Waals surface area contributed by atoms with Crippen LogP contribution in [0.25, 0.3) is 0 Å². The molecule has 0 aliphatic rings. The van der Waals surface area contributed by atoms with Crippen molar-refractivity contribution in [2.45, 2.75) is 63.3 Å². The molecule has 0 rings (SSSR count). The molecule has 0 saturated heterocycles. The van der Waals surface area contributed by atoms with Gasteiger partial charge < -0.3 is 49.1 Å². The highest BCUT2D eigenvalue weighted by Gasteiger charge is 2.26. The lowest BCUT2D eigenvalue weighted by Crippen LogP contribution is -2.54. The number of aliphatic carboxylic acids is 1. The Morgan fingerprint density at radius 1 is 0.969 bits per heavy atom. The zero-order valence-electron chi connectivity index (χ0n) is 18.3. The quantitative estimate of drug-likeness (QED) is 0.0612. The van der Waals surface area contributed by atoms with Crippen molar-refractivity contribution >= 4 is 29.7 Å². The Bertz CT molecular complexity index is 653. The summed E-state index contributed by atoms with van der Waals surface area (Å²) in [6.45, 7) is 1.43. The van der Waals surface area contributed by atoms with Crippen LogP contribution in [-0.4, -0.2) is 83.7 Å². The minimum Gasteiger partial charge on any atom is -0.480 e. The van der Waals surface area contributed by atoms with Crippen LogP contribution in [0.1, 0.15) is 39.0 Å². The fourth-order valence-electron chi connectivity index (χ4n) is 2.54. The second-order valence-corrected chi connectivity index (χ2v) is 7.24. The third kappa shape index (κ3) is 12.7. The predicted molar refractivity (Wildman–Crippen MR) is 117 cm³/mol. The van der Waals surface area contributed by atoms with E-state index in [9.17, 15) is 29.4 Å². The molecule has 0 aromatic rings. The van der Waals surface area contributed by atoms with E-state index in [1.165, 1.54) is 6.92 Å². The molecule has 4 unspecified atom stereocenters. The van der Waals surface area contributed by atoms with Crippen molar-refractivity contribution in [3.63, 3.8) is 0 Å².